The van der Waals surface area contributed by atoms with E-state index in [0.717, 1.165) is 5.69 Å². The predicted octanol–water partition coefficient (Wildman–Crippen LogP) is 2.42. The van der Waals surface area contributed by atoms with Gasteiger partial charge >= 0.3 is 0 Å². The van der Waals surface area contributed by atoms with Crippen molar-refractivity contribution in [1.29, 1.82) is 0 Å². The summed E-state index contributed by atoms with van der Waals surface area (Å²) in [6, 6.07) is 4.45. The van der Waals surface area contributed by atoms with Crippen molar-refractivity contribution < 1.29 is 9.18 Å². The molecule has 5 heteroatoms. The molecular formula is C11H14ClFN2O. The summed E-state index contributed by atoms with van der Waals surface area (Å²) in [7, 11) is 1.61. The summed E-state index contributed by atoms with van der Waals surface area (Å²) in [5, 5.41) is 5.70. The van der Waals surface area contributed by atoms with Crippen LogP contribution in [-0.2, 0) is 4.79 Å². The molecule has 0 spiro atoms. The smallest absolute Gasteiger partial charge is 0.219 e. The zero-order valence-electron chi connectivity index (χ0n) is 9.02. The van der Waals surface area contributed by atoms with Crippen molar-refractivity contribution >= 4 is 23.2 Å². The van der Waals surface area contributed by atoms with Crippen LogP contribution < -0.4 is 10.6 Å². The Labute approximate surface area is 99.0 Å². The van der Waals surface area contributed by atoms with Crippen LogP contribution in [0.4, 0.5) is 10.1 Å². The lowest BCUT2D eigenvalue weighted by molar-refractivity contribution is -0.120. The van der Waals surface area contributed by atoms with Gasteiger partial charge in [0.25, 0.3) is 0 Å². The molecule has 0 atom stereocenters. The Kier molecular flexibility index (Phi) is 5.05. The number of nitrogens with one attached hydrogen (secondary N) is 2. The molecule has 0 heterocycles. The summed E-state index contributed by atoms with van der Waals surface area (Å²) in [5.41, 5.74) is 0.753. The second-order valence-electron chi connectivity index (χ2n) is 3.33. The average Bonchev–Trinajstić information content (AvgIpc) is 2.28. The van der Waals surface area contributed by atoms with Crippen LogP contribution in [0.1, 0.15) is 12.8 Å². The molecule has 2 N–H and O–H groups in total. The number of amides is 1. The monoisotopic (exact) mass is 244 g/mol. The summed E-state index contributed by atoms with van der Waals surface area (Å²) >= 11 is 5.62. The summed E-state index contributed by atoms with van der Waals surface area (Å²) in [6.07, 6.45) is 1.19. The van der Waals surface area contributed by atoms with Crippen molar-refractivity contribution in [3.63, 3.8) is 0 Å². The first-order valence-corrected chi connectivity index (χ1v) is 5.41. The minimum Gasteiger partial charge on any atom is -0.385 e. The summed E-state index contributed by atoms with van der Waals surface area (Å²) < 4.78 is 12.8. The van der Waals surface area contributed by atoms with Crippen molar-refractivity contribution in [2.24, 2.45) is 0 Å². The van der Waals surface area contributed by atoms with Crippen LogP contribution in [0.3, 0.4) is 0 Å². The molecule has 1 rings (SSSR count). The topological polar surface area (TPSA) is 41.1 Å². The maximum atomic E-state index is 12.8. The van der Waals surface area contributed by atoms with E-state index in [2.05, 4.69) is 10.6 Å². The normalized spacial score (nSPS) is 9.94. The van der Waals surface area contributed by atoms with Crippen LogP contribution >= 0.6 is 11.6 Å². The van der Waals surface area contributed by atoms with Gasteiger partial charge in [0.05, 0.1) is 5.02 Å². The van der Waals surface area contributed by atoms with Gasteiger partial charge in [-0.2, -0.15) is 0 Å². The van der Waals surface area contributed by atoms with Gasteiger partial charge in [0.1, 0.15) is 5.82 Å². The van der Waals surface area contributed by atoms with Crippen molar-refractivity contribution in [3.05, 3.63) is 29.0 Å². The maximum absolute atomic E-state index is 12.8. The van der Waals surface area contributed by atoms with Crippen molar-refractivity contribution in [1.82, 2.24) is 5.32 Å². The van der Waals surface area contributed by atoms with Crippen molar-refractivity contribution in [2.45, 2.75) is 12.8 Å². The third kappa shape index (κ3) is 4.06. The first-order valence-electron chi connectivity index (χ1n) is 5.03. The molecule has 0 aliphatic heterocycles. The molecule has 0 radical (unpaired) electrons. The number of rotatable bonds is 5. The molecule has 1 aromatic carbocycles. The molecule has 0 unspecified atom stereocenters. The summed E-state index contributed by atoms with van der Waals surface area (Å²) in [6.45, 7) is 0.648. The molecule has 0 saturated heterocycles. The van der Waals surface area contributed by atoms with Gasteiger partial charge in [0.15, 0.2) is 0 Å². The number of halogens is 2. The third-order valence-corrected chi connectivity index (χ3v) is 2.40. The molecule has 16 heavy (non-hydrogen) atoms. The third-order valence-electron chi connectivity index (χ3n) is 2.11. The van der Waals surface area contributed by atoms with Gasteiger partial charge in [-0.1, -0.05) is 11.6 Å². The highest BCUT2D eigenvalue weighted by atomic mass is 35.5. The van der Waals surface area contributed by atoms with Crippen LogP contribution in [0.15, 0.2) is 18.2 Å². The fourth-order valence-electron chi connectivity index (χ4n) is 1.21. The van der Waals surface area contributed by atoms with Crippen LogP contribution in [0.5, 0.6) is 0 Å². The van der Waals surface area contributed by atoms with Gasteiger partial charge in [-0.05, 0) is 24.6 Å². The van der Waals surface area contributed by atoms with Crippen LogP contribution in [0.2, 0.25) is 5.02 Å². The van der Waals surface area contributed by atoms with Gasteiger partial charge in [0, 0.05) is 25.7 Å². The highest BCUT2D eigenvalue weighted by Crippen LogP contribution is 2.19. The van der Waals surface area contributed by atoms with Gasteiger partial charge < -0.3 is 10.6 Å². The van der Waals surface area contributed by atoms with E-state index in [1.54, 1.807) is 13.1 Å². The number of hydrogen-bond acceptors (Lipinski definition) is 2. The first kappa shape index (κ1) is 12.8. The van der Waals surface area contributed by atoms with E-state index in [1.807, 2.05) is 0 Å². The van der Waals surface area contributed by atoms with Gasteiger partial charge in [-0.15, -0.1) is 0 Å². The summed E-state index contributed by atoms with van der Waals surface area (Å²) in [5.74, 6) is -0.420. The standard InChI is InChI=1S/C11H14ClFN2O/c1-14-11(16)3-2-6-15-8-4-5-10(13)9(12)7-8/h4-5,7,15H,2-3,6H2,1H3,(H,14,16). The van der Waals surface area contributed by atoms with Gasteiger partial charge in [-0.25, -0.2) is 4.39 Å². The van der Waals surface area contributed by atoms with E-state index in [1.165, 1.54) is 12.1 Å². The minimum absolute atomic E-state index is 0.0129. The second kappa shape index (κ2) is 6.33. The fourth-order valence-corrected chi connectivity index (χ4v) is 1.39. The molecule has 0 saturated carbocycles. The van der Waals surface area contributed by atoms with Crippen molar-refractivity contribution in [2.75, 3.05) is 18.9 Å². The molecule has 0 bridgehead atoms. The van der Waals surface area contributed by atoms with Crippen LogP contribution in [-0.4, -0.2) is 19.5 Å². The number of hydrogen-bond donors (Lipinski definition) is 2. The number of benzene rings is 1. The lowest BCUT2D eigenvalue weighted by Crippen LogP contribution is -2.18. The molecule has 88 valence electrons. The van der Waals surface area contributed by atoms with E-state index in [-0.39, 0.29) is 10.9 Å². The Hall–Kier alpha value is -1.29. The lowest BCUT2D eigenvalue weighted by atomic mass is 10.2. The molecule has 0 aliphatic rings. The van der Waals surface area contributed by atoms with E-state index in [0.29, 0.717) is 19.4 Å². The molecule has 1 amide bonds. The Morgan fingerprint density at radius 1 is 1.50 bits per heavy atom. The zero-order valence-corrected chi connectivity index (χ0v) is 9.77. The summed E-state index contributed by atoms with van der Waals surface area (Å²) in [4.78, 5) is 10.9. The number of carbonyl (C=O) groups excluding carboxylic acids is 1. The molecule has 0 fully saturated rings. The highest BCUT2D eigenvalue weighted by molar-refractivity contribution is 6.31. The Bertz CT molecular complexity index is 371. The van der Waals surface area contributed by atoms with E-state index in [9.17, 15) is 9.18 Å². The van der Waals surface area contributed by atoms with Crippen LogP contribution in [0, 0.1) is 5.82 Å². The van der Waals surface area contributed by atoms with Crippen molar-refractivity contribution in [3.8, 4) is 0 Å². The van der Waals surface area contributed by atoms with Gasteiger partial charge in [0.2, 0.25) is 5.91 Å². The minimum atomic E-state index is -0.433. The van der Waals surface area contributed by atoms with E-state index >= 15 is 0 Å². The maximum Gasteiger partial charge on any atom is 0.219 e. The largest absolute Gasteiger partial charge is 0.385 e. The van der Waals surface area contributed by atoms with Gasteiger partial charge in [-0.3, -0.25) is 4.79 Å². The van der Waals surface area contributed by atoms with E-state index < -0.39 is 5.82 Å². The molecule has 3 nitrogen and oxygen atoms in total. The van der Waals surface area contributed by atoms with Crippen LogP contribution in [0.25, 0.3) is 0 Å². The molecule has 0 aromatic heterocycles. The van der Waals surface area contributed by atoms with E-state index in [4.69, 9.17) is 11.6 Å². The molecular weight excluding hydrogens is 231 g/mol. The zero-order chi connectivity index (χ0) is 12.0. The second-order valence-corrected chi connectivity index (χ2v) is 3.74. The molecule has 1 aromatic rings. The number of carbonyl (C=O) groups is 1. The molecule has 0 aliphatic carbocycles. The Balaban J connectivity index is 2.32. The highest BCUT2D eigenvalue weighted by Gasteiger charge is 2.01. The predicted molar refractivity (Wildman–Crippen MR) is 63.2 cm³/mol. The average molecular weight is 245 g/mol. The quantitative estimate of drug-likeness (QED) is 0.781. The number of anilines is 1. The lowest BCUT2D eigenvalue weighted by Gasteiger charge is -2.06. The first-order chi connectivity index (χ1) is 7.63. The Morgan fingerprint density at radius 2 is 2.25 bits per heavy atom. The fraction of sp³-hybridized carbons (Fsp3) is 0.364. The SMILES string of the molecule is CNC(=O)CCCNc1ccc(F)c(Cl)c1. The Morgan fingerprint density at radius 3 is 2.88 bits per heavy atom.